The summed E-state index contributed by atoms with van der Waals surface area (Å²) in [7, 11) is 0. The number of aromatic nitrogens is 4. The van der Waals surface area contributed by atoms with Crippen molar-refractivity contribution in [2.24, 2.45) is 0 Å². The van der Waals surface area contributed by atoms with Crippen molar-refractivity contribution in [2.45, 2.75) is 27.7 Å². The zero-order valence-corrected chi connectivity index (χ0v) is 18.6. The SMILES string of the molecule is Cc1ccc(-n2nc(C)c(/C=C(\Cl)c3nc4sc(C)c(C)c4c(=O)[nH]3)c2Cl)cc1. The van der Waals surface area contributed by atoms with E-state index in [2.05, 4.69) is 15.1 Å². The van der Waals surface area contributed by atoms with E-state index in [0.717, 1.165) is 27.4 Å². The van der Waals surface area contributed by atoms with Gasteiger partial charge in [-0.1, -0.05) is 40.9 Å². The largest absolute Gasteiger partial charge is 0.305 e. The first kappa shape index (κ1) is 19.9. The Kier molecular flexibility index (Phi) is 5.11. The number of nitrogens with one attached hydrogen (secondary N) is 1. The van der Waals surface area contributed by atoms with Crippen molar-refractivity contribution in [3.05, 3.63) is 72.9 Å². The molecule has 29 heavy (non-hydrogen) atoms. The van der Waals surface area contributed by atoms with Crippen molar-refractivity contribution in [1.29, 1.82) is 0 Å². The molecule has 0 radical (unpaired) electrons. The first-order valence-electron chi connectivity index (χ1n) is 8.96. The summed E-state index contributed by atoms with van der Waals surface area (Å²) >= 11 is 14.6. The van der Waals surface area contributed by atoms with Gasteiger partial charge in [-0.2, -0.15) is 5.10 Å². The van der Waals surface area contributed by atoms with Gasteiger partial charge in [0.2, 0.25) is 0 Å². The van der Waals surface area contributed by atoms with Crippen molar-refractivity contribution in [3.8, 4) is 5.69 Å². The molecule has 3 heterocycles. The number of aromatic amines is 1. The summed E-state index contributed by atoms with van der Waals surface area (Å²) < 4.78 is 1.66. The molecule has 0 aliphatic heterocycles. The lowest BCUT2D eigenvalue weighted by molar-refractivity contribution is 0.863. The summed E-state index contributed by atoms with van der Waals surface area (Å²) in [6.07, 6.45) is 1.69. The van der Waals surface area contributed by atoms with Gasteiger partial charge >= 0.3 is 0 Å². The van der Waals surface area contributed by atoms with Crippen molar-refractivity contribution in [1.82, 2.24) is 19.7 Å². The van der Waals surface area contributed by atoms with E-state index in [-0.39, 0.29) is 5.56 Å². The molecule has 148 valence electrons. The molecule has 0 atom stereocenters. The predicted octanol–water partition coefficient (Wildman–Crippen LogP) is 5.79. The molecule has 0 amide bonds. The van der Waals surface area contributed by atoms with Crippen molar-refractivity contribution in [2.75, 3.05) is 0 Å². The molecule has 0 saturated carbocycles. The van der Waals surface area contributed by atoms with Crippen LogP contribution in [0.15, 0.2) is 29.1 Å². The highest BCUT2D eigenvalue weighted by Crippen LogP contribution is 2.30. The Morgan fingerprint density at radius 2 is 1.86 bits per heavy atom. The molecule has 0 aliphatic carbocycles. The number of nitrogens with zero attached hydrogens (tertiary/aromatic N) is 3. The maximum Gasteiger partial charge on any atom is 0.260 e. The molecule has 1 N–H and O–H groups in total. The number of thiophene rings is 1. The number of benzene rings is 1. The number of hydrogen-bond acceptors (Lipinski definition) is 4. The molecule has 4 rings (SSSR count). The highest BCUT2D eigenvalue weighted by atomic mass is 35.5. The molecular weight excluding hydrogens is 427 g/mol. The maximum absolute atomic E-state index is 12.5. The summed E-state index contributed by atoms with van der Waals surface area (Å²) in [6, 6.07) is 7.91. The molecule has 0 bridgehead atoms. The quantitative estimate of drug-likeness (QED) is 0.434. The van der Waals surface area contributed by atoms with Crippen LogP contribution < -0.4 is 5.56 Å². The number of hydrogen-bond donors (Lipinski definition) is 1. The summed E-state index contributed by atoms with van der Waals surface area (Å²) in [5.74, 6) is 0.309. The monoisotopic (exact) mass is 444 g/mol. The fourth-order valence-electron chi connectivity index (χ4n) is 3.10. The molecule has 5 nitrogen and oxygen atoms in total. The average Bonchev–Trinajstić information content (AvgIpc) is 3.12. The highest BCUT2D eigenvalue weighted by Gasteiger charge is 2.16. The van der Waals surface area contributed by atoms with E-state index in [1.807, 2.05) is 52.0 Å². The normalized spacial score (nSPS) is 12.1. The third-order valence-electron chi connectivity index (χ3n) is 4.86. The maximum atomic E-state index is 12.5. The van der Waals surface area contributed by atoms with Crippen LogP contribution >= 0.6 is 34.5 Å². The molecule has 1 aromatic carbocycles. The van der Waals surface area contributed by atoms with Gasteiger partial charge in [-0.3, -0.25) is 4.79 Å². The van der Waals surface area contributed by atoms with E-state index in [9.17, 15) is 4.79 Å². The Balaban J connectivity index is 1.79. The minimum Gasteiger partial charge on any atom is -0.305 e. The summed E-state index contributed by atoms with van der Waals surface area (Å²) in [6.45, 7) is 7.78. The van der Waals surface area contributed by atoms with Gasteiger partial charge in [-0.05, 0) is 51.5 Å². The van der Waals surface area contributed by atoms with Gasteiger partial charge in [0.05, 0.1) is 21.8 Å². The Morgan fingerprint density at radius 3 is 2.55 bits per heavy atom. The third kappa shape index (κ3) is 3.52. The molecule has 3 aromatic heterocycles. The molecule has 4 aromatic rings. The van der Waals surface area contributed by atoms with Gasteiger partial charge in [0, 0.05) is 10.4 Å². The van der Waals surface area contributed by atoms with Gasteiger partial charge < -0.3 is 4.98 Å². The number of halogens is 2. The Labute approximate surface area is 181 Å². The fraction of sp³-hybridized carbons (Fsp3) is 0.190. The van der Waals surface area contributed by atoms with Crippen LogP contribution in [0, 0.1) is 27.7 Å². The van der Waals surface area contributed by atoms with Crippen LogP contribution in [-0.4, -0.2) is 19.7 Å². The molecule has 0 unspecified atom stereocenters. The smallest absolute Gasteiger partial charge is 0.260 e. The lowest BCUT2D eigenvalue weighted by Crippen LogP contribution is -2.10. The van der Waals surface area contributed by atoms with Crippen LogP contribution in [0.25, 0.3) is 27.0 Å². The van der Waals surface area contributed by atoms with Gasteiger partial charge in [-0.15, -0.1) is 11.3 Å². The highest BCUT2D eigenvalue weighted by molar-refractivity contribution is 7.18. The minimum atomic E-state index is -0.198. The van der Waals surface area contributed by atoms with E-state index < -0.39 is 0 Å². The number of aryl methyl sites for hydroxylation is 4. The standard InChI is InChI=1S/C21H18Cl2N4OS/c1-10-5-7-14(8-6-10)27-18(23)15(12(3)26-27)9-16(22)19-24-20(28)17-11(2)13(4)29-21(17)25-19/h5-9H,1-4H3,(H,24,25,28)/b16-9-. The van der Waals surface area contributed by atoms with E-state index in [1.54, 1.807) is 10.8 Å². The second-order valence-corrected chi connectivity index (χ2v) is 8.88. The zero-order chi connectivity index (χ0) is 20.9. The van der Waals surface area contributed by atoms with Gasteiger partial charge in [0.25, 0.3) is 5.56 Å². The topological polar surface area (TPSA) is 63.6 Å². The fourth-order valence-corrected chi connectivity index (χ4v) is 4.65. The molecule has 8 heteroatoms. The van der Waals surface area contributed by atoms with Crippen molar-refractivity contribution >= 4 is 55.9 Å². The summed E-state index contributed by atoms with van der Waals surface area (Å²) in [5, 5.41) is 5.88. The lowest BCUT2D eigenvalue weighted by Gasteiger charge is -2.04. The minimum absolute atomic E-state index is 0.198. The Bertz CT molecular complexity index is 1330. The van der Waals surface area contributed by atoms with Gasteiger partial charge in [-0.25, -0.2) is 9.67 Å². The molecular formula is C21H18Cl2N4OS. The van der Waals surface area contributed by atoms with Crippen LogP contribution in [0.1, 0.15) is 33.1 Å². The van der Waals surface area contributed by atoms with Crippen molar-refractivity contribution in [3.63, 3.8) is 0 Å². The Morgan fingerprint density at radius 1 is 1.17 bits per heavy atom. The molecule has 0 aliphatic rings. The van der Waals surface area contributed by atoms with Crippen molar-refractivity contribution < 1.29 is 0 Å². The van der Waals surface area contributed by atoms with Crippen LogP contribution in [0.2, 0.25) is 5.15 Å². The number of rotatable bonds is 3. The van der Waals surface area contributed by atoms with E-state index in [4.69, 9.17) is 23.2 Å². The van der Waals surface area contributed by atoms with Gasteiger partial charge in [0.15, 0.2) is 5.82 Å². The second kappa shape index (κ2) is 7.44. The van der Waals surface area contributed by atoms with Crippen LogP contribution in [0.5, 0.6) is 0 Å². The summed E-state index contributed by atoms with van der Waals surface area (Å²) in [4.78, 5) is 21.6. The van der Waals surface area contributed by atoms with Crippen LogP contribution in [0.3, 0.4) is 0 Å². The predicted molar refractivity (Wildman–Crippen MR) is 121 cm³/mol. The van der Waals surface area contributed by atoms with Crippen LogP contribution in [-0.2, 0) is 0 Å². The molecule has 0 saturated heterocycles. The Hall–Kier alpha value is -2.41. The van der Waals surface area contributed by atoms with E-state index in [1.165, 1.54) is 11.3 Å². The molecule has 0 fully saturated rings. The number of fused-ring (bicyclic) bond motifs is 1. The first-order chi connectivity index (χ1) is 13.8. The van der Waals surface area contributed by atoms with E-state index >= 15 is 0 Å². The molecule has 0 spiro atoms. The first-order valence-corrected chi connectivity index (χ1v) is 10.5. The summed E-state index contributed by atoms with van der Waals surface area (Å²) in [5.41, 5.74) is 4.16. The van der Waals surface area contributed by atoms with Crippen LogP contribution in [0.4, 0.5) is 0 Å². The third-order valence-corrected chi connectivity index (χ3v) is 6.62. The zero-order valence-electron chi connectivity index (χ0n) is 16.3. The van der Waals surface area contributed by atoms with Gasteiger partial charge in [0.1, 0.15) is 9.98 Å². The van der Waals surface area contributed by atoms with E-state index in [0.29, 0.717) is 31.8 Å². The average molecular weight is 445 g/mol. The number of H-pyrrole nitrogens is 1. The lowest BCUT2D eigenvalue weighted by atomic mass is 10.2. The second-order valence-electron chi connectivity index (χ2n) is 6.91.